The standard InChI is InChI=1S/C17H17N3O3S/c1-23-13-14-6-5-9-16(12-14)24(21,22)19-17-10-11-20(18-17)15-7-3-2-4-8-15/h2-12H,13H2,1H3,(H,18,19). The summed E-state index contributed by atoms with van der Waals surface area (Å²) in [6, 6.07) is 17.7. The van der Waals surface area contributed by atoms with Crippen LogP contribution < -0.4 is 4.72 Å². The minimum atomic E-state index is -3.70. The topological polar surface area (TPSA) is 73.2 Å². The van der Waals surface area contributed by atoms with Gasteiger partial charge in [-0.05, 0) is 29.8 Å². The molecule has 0 amide bonds. The molecule has 0 spiro atoms. The molecule has 7 heteroatoms. The molecule has 0 fully saturated rings. The van der Waals surface area contributed by atoms with Crippen LogP contribution in [-0.2, 0) is 21.4 Å². The molecule has 0 saturated carbocycles. The van der Waals surface area contributed by atoms with Crippen molar-refractivity contribution in [2.75, 3.05) is 11.8 Å². The lowest BCUT2D eigenvalue weighted by atomic mass is 10.2. The molecule has 1 heterocycles. The van der Waals surface area contributed by atoms with Crippen molar-refractivity contribution >= 4 is 15.8 Å². The van der Waals surface area contributed by atoms with Gasteiger partial charge in [0, 0.05) is 19.4 Å². The molecule has 0 saturated heterocycles. The van der Waals surface area contributed by atoms with Gasteiger partial charge in [0.1, 0.15) is 0 Å². The van der Waals surface area contributed by atoms with Gasteiger partial charge in [-0.15, -0.1) is 5.10 Å². The summed E-state index contributed by atoms with van der Waals surface area (Å²) in [7, 11) is -2.14. The lowest BCUT2D eigenvalue weighted by Gasteiger charge is -2.07. The van der Waals surface area contributed by atoms with Gasteiger partial charge in [0.05, 0.1) is 17.2 Å². The molecular formula is C17H17N3O3S. The molecule has 124 valence electrons. The first-order valence-electron chi connectivity index (χ1n) is 7.30. The summed E-state index contributed by atoms with van der Waals surface area (Å²) in [4.78, 5) is 0.173. The van der Waals surface area contributed by atoms with Crippen LogP contribution in [0.3, 0.4) is 0 Å². The molecule has 2 aromatic carbocycles. The highest BCUT2D eigenvalue weighted by atomic mass is 32.2. The highest BCUT2D eigenvalue weighted by Gasteiger charge is 2.16. The number of methoxy groups -OCH3 is 1. The predicted molar refractivity (Wildman–Crippen MR) is 91.5 cm³/mol. The van der Waals surface area contributed by atoms with E-state index in [0.29, 0.717) is 6.61 Å². The lowest BCUT2D eigenvalue weighted by molar-refractivity contribution is 0.184. The van der Waals surface area contributed by atoms with E-state index < -0.39 is 10.0 Å². The first-order valence-corrected chi connectivity index (χ1v) is 8.78. The van der Waals surface area contributed by atoms with Crippen LogP contribution in [0.1, 0.15) is 5.56 Å². The number of rotatable bonds is 6. The van der Waals surface area contributed by atoms with E-state index in [4.69, 9.17) is 4.74 Å². The third kappa shape index (κ3) is 3.64. The van der Waals surface area contributed by atoms with E-state index >= 15 is 0 Å². The second-order valence-electron chi connectivity index (χ2n) is 5.17. The van der Waals surface area contributed by atoms with Gasteiger partial charge in [0.25, 0.3) is 10.0 Å². The van der Waals surface area contributed by atoms with E-state index in [2.05, 4.69) is 9.82 Å². The normalized spacial score (nSPS) is 11.4. The smallest absolute Gasteiger partial charge is 0.263 e. The van der Waals surface area contributed by atoms with E-state index in [0.717, 1.165) is 11.3 Å². The van der Waals surface area contributed by atoms with Crippen LogP contribution in [0.4, 0.5) is 5.82 Å². The molecule has 3 rings (SSSR count). The average Bonchev–Trinajstić information content (AvgIpc) is 3.04. The highest BCUT2D eigenvalue weighted by Crippen LogP contribution is 2.17. The average molecular weight is 343 g/mol. The zero-order valence-corrected chi connectivity index (χ0v) is 13.9. The maximum Gasteiger partial charge on any atom is 0.263 e. The van der Waals surface area contributed by atoms with Gasteiger partial charge in [-0.25, -0.2) is 13.1 Å². The number of hydrogen-bond donors (Lipinski definition) is 1. The van der Waals surface area contributed by atoms with E-state index in [9.17, 15) is 8.42 Å². The number of nitrogens with zero attached hydrogens (tertiary/aromatic N) is 2. The molecule has 0 unspecified atom stereocenters. The minimum Gasteiger partial charge on any atom is -0.380 e. The Morgan fingerprint density at radius 1 is 1.08 bits per heavy atom. The fourth-order valence-electron chi connectivity index (χ4n) is 2.27. The Morgan fingerprint density at radius 2 is 1.88 bits per heavy atom. The van der Waals surface area contributed by atoms with E-state index in [1.165, 1.54) is 6.07 Å². The fourth-order valence-corrected chi connectivity index (χ4v) is 3.33. The first-order chi connectivity index (χ1) is 11.6. The molecule has 0 bridgehead atoms. The Labute approximate surface area is 140 Å². The number of aromatic nitrogens is 2. The molecule has 6 nitrogen and oxygen atoms in total. The quantitative estimate of drug-likeness (QED) is 0.747. The van der Waals surface area contributed by atoms with Gasteiger partial charge in [-0.1, -0.05) is 30.3 Å². The maximum absolute atomic E-state index is 12.5. The van der Waals surface area contributed by atoms with Gasteiger partial charge in [0.15, 0.2) is 5.82 Å². The fraction of sp³-hybridized carbons (Fsp3) is 0.118. The highest BCUT2D eigenvalue weighted by molar-refractivity contribution is 7.92. The number of nitrogens with one attached hydrogen (secondary N) is 1. The van der Waals surface area contributed by atoms with Crippen molar-refractivity contribution in [1.29, 1.82) is 0 Å². The number of anilines is 1. The van der Waals surface area contributed by atoms with Gasteiger partial charge in [-0.3, -0.25) is 4.72 Å². The Kier molecular flexibility index (Phi) is 4.64. The van der Waals surface area contributed by atoms with Crippen LogP contribution in [0.25, 0.3) is 5.69 Å². The van der Waals surface area contributed by atoms with Crippen molar-refractivity contribution in [1.82, 2.24) is 9.78 Å². The van der Waals surface area contributed by atoms with Gasteiger partial charge in [-0.2, -0.15) is 0 Å². The van der Waals surface area contributed by atoms with Crippen molar-refractivity contribution in [3.63, 3.8) is 0 Å². The van der Waals surface area contributed by atoms with E-state index in [1.807, 2.05) is 36.4 Å². The summed E-state index contributed by atoms with van der Waals surface area (Å²) < 4.78 is 34.1. The van der Waals surface area contributed by atoms with Crippen molar-refractivity contribution in [2.45, 2.75) is 11.5 Å². The third-order valence-corrected chi connectivity index (χ3v) is 4.72. The van der Waals surface area contributed by atoms with Crippen LogP contribution >= 0.6 is 0 Å². The second-order valence-corrected chi connectivity index (χ2v) is 6.85. The van der Waals surface area contributed by atoms with Gasteiger partial charge >= 0.3 is 0 Å². The summed E-state index contributed by atoms with van der Waals surface area (Å²) >= 11 is 0. The molecule has 0 aliphatic heterocycles. The number of hydrogen-bond acceptors (Lipinski definition) is 4. The molecular weight excluding hydrogens is 326 g/mol. The first kappa shape index (κ1) is 16.2. The summed E-state index contributed by atoms with van der Waals surface area (Å²) in [6.45, 7) is 0.353. The summed E-state index contributed by atoms with van der Waals surface area (Å²) in [5.74, 6) is 0.260. The second kappa shape index (κ2) is 6.86. The maximum atomic E-state index is 12.5. The number of ether oxygens (including phenoxy) is 1. The van der Waals surface area contributed by atoms with E-state index in [-0.39, 0.29) is 10.7 Å². The summed E-state index contributed by atoms with van der Waals surface area (Å²) in [5.41, 5.74) is 1.64. The molecule has 1 aromatic heterocycles. The van der Waals surface area contributed by atoms with Crippen molar-refractivity contribution in [3.05, 3.63) is 72.4 Å². The van der Waals surface area contributed by atoms with Crippen molar-refractivity contribution in [3.8, 4) is 5.69 Å². The number of benzene rings is 2. The number of sulfonamides is 1. The van der Waals surface area contributed by atoms with Gasteiger partial charge < -0.3 is 4.74 Å². The lowest BCUT2D eigenvalue weighted by Crippen LogP contribution is -2.14. The van der Waals surface area contributed by atoms with Gasteiger partial charge in [0.2, 0.25) is 0 Å². The molecule has 0 atom stereocenters. The van der Waals surface area contributed by atoms with Crippen LogP contribution in [-0.4, -0.2) is 25.3 Å². The monoisotopic (exact) mass is 343 g/mol. The summed E-state index contributed by atoms with van der Waals surface area (Å²) in [6.07, 6.45) is 1.70. The SMILES string of the molecule is COCc1cccc(S(=O)(=O)Nc2ccn(-c3ccccc3)n2)c1. The summed E-state index contributed by atoms with van der Waals surface area (Å²) in [5, 5.41) is 4.25. The molecule has 24 heavy (non-hydrogen) atoms. The molecule has 3 aromatic rings. The predicted octanol–water partition coefficient (Wildman–Crippen LogP) is 2.82. The Morgan fingerprint density at radius 3 is 2.62 bits per heavy atom. The van der Waals surface area contributed by atoms with Crippen LogP contribution in [0.2, 0.25) is 0 Å². The molecule has 0 radical (unpaired) electrons. The molecule has 0 aliphatic rings. The zero-order valence-electron chi connectivity index (χ0n) is 13.1. The Balaban J connectivity index is 1.82. The largest absolute Gasteiger partial charge is 0.380 e. The van der Waals surface area contributed by atoms with Crippen LogP contribution in [0.15, 0.2) is 71.8 Å². The Hall–Kier alpha value is -2.64. The number of para-hydroxylation sites is 1. The van der Waals surface area contributed by atoms with Crippen molar-refractivity contribution in [2.24, 2.45) is 0 Å². The van der Waals surface area contributed by atoms with Crippen molar-refractivity contribution < 1.29 is 13.2 Å². The van der Waals surface area contributed by atoms with Crippen LogP contribution in [0.5, 0.6) is 0 Å². The van der Waals surface area contributed by atoms with E-state index in [1.54, 1.807) is 36.2 Å². The minimum absolute atomic E-state index is 0.173. The molecule has 1 N–H and O–H groups in total. The third-order valence-electron chi connectivity index (χ3n) is 3.37. The molecule has 0 aliphatic carbocycles. The zero-order chi connectivity index (χ0) is 17.0. The Bertz CT molecular complexity index is 921. The van der Waals surface area contributed by atoms with Crippen LogP contribution in [0, 0.1) is 0 Å².